The fourth-order valence-electron chi connectivity index (χ4n) is 2.28. The number of nitrogens with zero attached hydrogens (tertiary/aromatic N) is 4. The number of aromatic nitrogens is 4. The highest BCUT2D eigenvalue weighted by atomic mass is 32.2. The first kappa shape index (κ1) is 16.9. The van der Waals surface area contributed by atoms with Crippen molar-refractivity contribution in [2.75, 3.05) is 11.6 Å². The average Bonchev–Trinajstić information content (AvgIpc) is 3.06. The van der Waals surface area contributed by atoms with Gasteiger partial charge < -0.3 is 5.32 Å². The van der Waals surface area contributed by atoms with Crippen LogP contribution in [-0.4, -0.2) is 32.4 Å². The van der Waals surface area contributed by atoms with Crippen LogP contribution in [0.1, 0.15) is 11.4 Å². The lowest BCUT2D eigenvalue weighted by Gasteiger charge is -2.10. The van der Waals surface area contributed by atoms with Crippen LogP contribution in [0.25, 0.3) is 11.8 Å². The monoisotopic (exact) mass is 351 g/mol. The summed E-state index contributed by atoms with van der Waals surface area (Å²) < 4.78 is 1.43. The highest BCUT2D eigenvalue weighted by Crippen LogP contribution is 2.20. The second kappa shape index (κ2) is 7.76. The number of benzene rings is 2. The second-order valence-corrected chi connectivity index (χ2v) is 6.14. The summed E-state index contributed by atoms with van der Waals surface area (Å²) in [4.78, 5) is 13.9. The lowest BCUT2D eigenvalue weighted by atomic mass is 10.2. The summed E-state index contributed by atoms with van der Waals surface area (Å²) in [5.41, 5.74) is 1.96. The molecule has 6 nitrogen and oxygen atoms in total. The summed E-state index contributed by atoms with van der Waals surface area (Å²) in [5.74, 6) is 0.257. The molecule has 0 aliphatic rings. The molecule has 1 N–H and O–H groups in total. The number of hydrogen-bond donors (Lipinski definition) is 1. The molecule has 3 aromatic rings. The van der Waals surface area contributed by atoms with Gasteiger partial charge in [0.2, 0.25) is 0 Å². The van der Waals surface area contributed by atoms with E-state index in [-0.39, 0.29) is 5.91 Å². The first-order valence-electron chi connectivity index (χ1n) is 7.65. The number of carbonyl (C=O) groups excluding carboxylic acids is 1. The largest absolute Gasteiger partial charge is 0.321 e. The molecule has 126 valence electrons. The van der Waals surface area contributed by atoms with Crippen molar-refractivity contribution < 1.29 is 4.79 Å². The first-order chi connectivity index (χ1) is 12.2. The summed E-state index contributed by atoms with van der Waals surface area (Å²) in [6.07, 6.45) is 3.75. The number of amides is 1. The number of anilines is 1. The molecule has 0 atom stereocenters. The van der Waals surface area contributed by atoms with E-state index in [1.165, 1.54) is 4.68 Å². The van der Waals surface area contributed by atoms with E-state index in [1.54, 1.807) is 24.8 Å². The Balaban J connectivity index is 1.95. The van der Waals surface area contributed by atoms with E-state index in [0.717, 1.165) is 16.1 Å². The quantitative estimate of drug-likeness (QED) is 0.564. The number of nitrogens with one attached hydrogen (secondary N) is 1. The molecule has 0 saturated carbocycles. The van der Waals surface area contributed by atoms with Gasteiger partial charge in [-0.25, -0.2) is 0 Å². The van der Waals surface area contributed by atoms with Crippen LogP contribution in [0.4, 0.5) is 5.69 Å². The zero-order valence-corrected chi connectivity index (χ0v) is 14.7. The number of aryl methyl sites for hydroxylation is 1. The molecule has 25 heavy (non-hydrogen) atoms. The normalized spacial score (nSPS) is 11.4. The molecule has 1 amide bonds. The summed E-state index contributed by atoms with van der Waals surface area (Å²) in [5, 5.41) is 14.4. The van der Waals surface area contributed by atoms with Crippen LogP contribution in [0.5, 0.6) is 0 Å². The molecule has 0 radical (unpaired) electrons. The van der Waals surface area contributed by atoms with Gasteiger partial charge in [-0.05, 0) is 53.4 Å². The van der Waals surface area contributed by atoms with Crippen molar-refractivity contribution in [1.82, 2.24) is 20.2 Å². The summed E-state index contributed by atoms with van der Waals surface area (Å²) in [6, 6.07) is 17.3. The predicted molar refractivity (Wildman–Crippen MR) is 100 cm³/mol. The molecule has 0 saturated heterocycles. The summed E-state index contributed by atoms with van der Waals surface area (Å²) in [6.45, 7) is 1.75. The Morgan fingerprint density at radius 3 is 2.64 bits per heavy atom. The molecule has 7 heteroatoms. The van der Waals surface area contributed by atoms with E-state index in [0.29, 0.717) is 11.5 Å². The van der Waals surface area contributed by atoms with Crippen LogP contribution in [0.2, 0.25) is 0 Å². The van der Waals surface area contributed by atoms with Crippen LogP contribution in [-0.2, 0) is 4.79 Å². The van der Waals surface area contributed by atoms with Crippen LogP contribution < -0.4 is 5.32 Å². The van der Waals surface area contributed by atoms with Gasteiger partial charge in [-0.3, -0.25) is 4.79 Å². The maximum absolute atomic E-state index is 12.9. The van der Waals surface area contributed by atoms with Crippen LogP contribution in [0.15, 0.2) is 59.5 Å². The first-order valence-corrected chi connectivity index (χ1v) is 8.87. The maximum Gasteiger partial charge on any atom is 0.274 e. The van der Waals surface area contributed by atoms with Crippen molar-refractivity contribution in [2.45, 2.75) is 11.8 Å². The molecular formula is C18H17N5OS. The molecule has 0 bridgehead atoms. The van der Waals surface area contributed by atoms with Crippen molar-refractivity contribution in [3.63, 3.8) is 0 Å². The van der Waals surface area contributed by atoms with Crippen molar-refractivity contribution in [2.24, 2.45) is 0 Å². The minimum Gasteiger partial charge on any atom is -0.321 e. The Morgan fingerprint density at radius 1 is 1.16 bits per heavy atom. The lowest BCUT2D eigenvalue weighted by Crippen LogP contribution is -2.19. The third kappa shape index (κ3) is 4.13. The fraction of sp³-hybridized carbons (Fsp3) is 0.111. The molecule has 0 fully saturated rings. The number of hydrogen-bond acceptors (Lipinski definition) is 5. The van der Waals surface area contributed by atoms with E-state index < -0.39 is 0 Å². The third-order valence-electron chi connectivity index (χ3n) is 3.52. The van der Waals surface area contributed by atoms with E-state index >= 15 is 0 Å². The summed E-state index contributed by atoms with van der Waals surface area (Å²) in [7, 11) is 0. The minimum absolute atomic E-state index is 0.280. The maximum atomic E-state index is 12.9. The molecule has 3 rings (SSSR count). The van der Waals surface area contributed by atoms with Crippen molar-refractivity contribution in [1.29, 1.82) is 0 Å². The lowest BCUT2D eigenvalue weighted by molar-refractivity contribution is -0.111. The topological polar surface area (TPSA) is 72.7 Å². The minimum atomic E-state index is -0.280. The third-order valence-corrected chi connectivity index (χ3v) is 4.24. The van der Waals surface area contributed by atoms with E-state index in [1.807, 2.05) is 60.9 Å². The predicted octanol–water partition coefficient (Wildman–Crippen LogP) is 3.34. The molecule has 0 unspecified atom stereocenters. The average molecular weight is 351 g/mol. The van der Waals surface area contributed by atoms with Crippen LogP contribution in [0, 0.1) is 6.92 Å². The van der Waals surface area contributed by atoms with Gasteiger partial charge in [0, 0.05) is 10.6 Å². The molecule has 0 aliphatic heterocycles. The van der Waals surface area contributed by atoms with Gasteiger partial charge in [-0.1, -0.05) is 36.4 Å². The highest BCUT2D eigenvalue weighted by molar-refractivity contribution is 7.98. The zero-order chi connectivity index (χ0) is 17.6. The van der Waals surface area contributed by atoms with Gasteiger partial charge in [0.1, 0.15) is 5.70 Å². The number of tetrazole rings is 1. The Bertz CT molecular complexity index is 905. The van der Waals surface area contributed by atoms with Gasteiger partial charge in [0.25, 0.3) is 5.91 Å². The van der Waals surface area contributed by atoms with Gasteiger partial charge in [-0.2, -0.15) is 4.68 Å². The zero-order valence-electron chi connectivity index (χ0n) is 13.9. The van der Waals surface area contributed by atoms with E-state index in [2.05, 4.69) is 20.8 Å². The van der Waals surface area contributed by atoms with Crippen molar-refractivity contribution >= 4 is 35.1 Å². The number of rotatable bonds is 5. The standard InChI is InChI=1S/C18H17N5OS/c1-13-20-21-22-23(13)17(11-14-7-4-3-5-8-14)18(24)19-15-9-6-10-16(12-15)25-2/h3-12H,1-2H3,(H,19,24). The van der Waals surface area contributed by atoms with Gasteiger partial charge in [-0.15, -0.1) is 16.9 Å². The van der Waals surface area contributed by atoms with Gasteiger partial charge >= 0.3 is 0 Å². The number of carbonyl (C=O) groups is 1. The van der Waals surface area contributed by atoms with Crippen LogP contribution in [0.3, 0.4) is 0 Å². The van der Waals surface area contributed by atoms with Gasteiger partial charge in [0.15, 0.2) is 5.82 Å². The van der Waals surface area contributed by atoms with E-state index in [9.17, 15) is 4.79 Å². The van der Waals surface area contributed by atoms with E-state index in [4.69, 9.17) is 0 Å². The molecule has 2 aromatic carbocycles. The van der Waals surface area contributed by atoms with Crippen molar-refractivity contribution in [3.8, 4) is 0 Å². The summed E-state index contributed by atoms with van der Waals surface area (Å²) >= 11 is 1.62. The Kier molecular flexibility index (Phi) is 5.25. The van der Waals surface area contributed by atoms with Crippen LogP contribution >= 0.6 is 11.8 Å². The number of thioether (sulfide) groups is 1. The molecule has 0 spiro atoms. The van der Waals surface area contributed by atoms with Crippen molar-refractivity contribution in [3.05, 3.63) is 66.0 Å². The fourth-order valence-corrected chi connectivity index (χ4v) is 2.74. The molecule has 1 aromatic heterocycles. The Labute approximate surface area is 149 Å². The SMILES string of the molecule is CSc1cccc(NC(=O)C(=Cc2ccccc2)n2nnnc2C)c1. The van der Waals surface area contributed by atoms with Gasteiger partial charge in [0.05, 0.1) is 0 Å². The second-order valence-electron chi connectivity index (χ2n) is 5.26. The Morgan fingerprint density at radius 2 is 1.96 bits per heavy atom. The molecular weight excluding hydrogens is 334 g/mol. The molecule has 0 aliphatic carbocycles. The molecule has 1 heterocycles. The highest BCUT2D eigenvalue weighted by Gasteiger charge is 2.16. The Hall–Kier alpha value is -2.93. The smallest absolute Gasteiger partial charge is 0.274 e.